The molecule has 0 atom stereocenters. The molecular formula is C14H12N4OS. The number of anilines is 2. The Labute approximate surface area is 119 Å². The maximum Gasteiger partial charge on any atom is 0.268 e. The molecule has 20 heavy (non-hydrogen) atoms. The van der Waals surface area contributed by atoms with Gasteiger partial charge in [0.1, 0.15) is 15.2 Å². The molecular weight excluding hydrogens is 272 g/mol. The van der Waals surface area contributed by atoms with Crippen molar-refractivity contribution in [3.8, 4) is 0 Å². The van der Waals surface area contributed by atoms with Crippen molar-refractivity contribution in [3.63, 3.8) is 0 Å². The number of thiophene rings is 1. The molecule has 5 nitrogen and oxygen atoms in total. The summed E-state index contributed by atoms with van der Waals surface area (Å²) in [5, 5.41) is 2.82. The van der Waals surface area contributed by atoms with E-state index >= 15 is 0 Å². The summed E-state index contributed by atoms with van der Waals surface area (Å²) in [6.45, 7) is 1.99. The number of aromatic nitrogens is 2. The number of hydrogen-bond donors (Lipinski definition) is 2. The number of benzene rings is 1. The summed E-state index contributed by atoms with van der Waals surface area (Å²) >= 11 is 1.24. The van der Waals surface area contributed by atoms with E-state index in [1.54, 1.807) is 12.4 Å². The Morgan fingerprint density at radius 2 is 1.90 bits per heavy atom. The van der Waals surface area contributed by atoms with Crippen molar-refractivity contribution in [2.24, 2.45) is 0 Å². The third kappa shape index (κ3) is 2.21. The zero-order valence-electron chi connectivity index (χ0n) is 10.8. The van der Waals surface area contributed by atoms with E-state index in [4.69, 9.17) is 5.73 Å². The fourth-order valence-corrected chi connectivity index (χ4v) is 2.75. The topological polar surface area (TPSA) is 80.9 Å². The van der Waals surface area contributed by atoms with Gasteiger partial charge in [-0.1, -0.05) is 17.7 Å². The Bertz CT molecular complexity index is 779. The molecule has 1 amide bonds. The molecule has 0 unspecified atom stereocenters. The van der Waals surface area contributed by atoms with E-state index in [0.29, 0.717) is 20.9 Å². The second kappa shape index (κ2) is 4.90. The van der Waals surface area contributed by atoms with Crippen molar-refractivity contribution in [1.29, 1.82) is 0 Å². The highest BCUT2D eigenvalue weighted by Crippen LogP contribution is 2.30. The largest absolute Gasteiger partial charge is 0.396 e. The van der Waals surface area contributed by atoms with Gasteiger partial charge in [-0.25, -0.2) is 9.97 Å². The maximum atomic E-state index is 12.3. The molecule has 6 heteroatoms. The van der Waals surface area contributed by atoms with Gasteiger partial charge in [0.05, 0.1) is 5.69 Å². The number of nitrogen functional groups attached to an aromatic ring is 1. The van der Waals surface area contributed by atoms with Gasteiger partial charge in [0.25, 0.3) is 5.91 Å². The standard InChI is InChI=1S/C14H12N4OS/c1-8-2-4-9(5-3-8)18-13(19)12-10(15)11-14(20-12)17-7-6-16-11/h2-7H,15H2,1H3,(H,18,19). The fourth-order valence-electron chi connectivity index (χ4n) is 1.84. The van der Waals surface area contributed by atoms with Crippen molar-refractivity contribution >= 4 is 39.0 Å². The third-order valence-electron chi connectivity index (χ3n) is 2.88. The average molecular weight is 284 g/mol. The van der Waals surface area contributed by atoms with E-state index in [2.05, 4.69) is 15.3 Å². The quantitative estimate of drug-likeness (QED) is 0.758. The van der Waals surface area contributed by atoms with Gasteiger partial charge in [-0.05, 0) is 19.1 Å². The van der Waals surface area contributed by atoms with E-state index in [1.807, 2.05) is 31.2 Å². The van der Waals surface area contributed by atoms with Crippen molar-refractivity contribution < 1.29 is 4.79 Å². The molecule has 0 fully saturated rings. The monoisotopic (exact) mass is 284 g/mol. The molecule has 2 aromatic heterocycles. The molecule has 0 aliphatic heterocycles. The number of carbonyl (C=O) groups is 1. The number of amides is 1. The molecule has 0 saturated heterocycles. The summed E-state index contributed by atoms with van der Waals surface area (Å²) in [6, 6.07) is 7.58. The lowest BCUT2D eigenvalue weighted by Crippen LogP contribution is -2.11. The highest BCUT2D eigenvalue weighted by molar-refractivity contribution is 7.21. The molecule has 3 N–H and O–H groups in total. The van der Waals surface area contributed by atoms with Crippen LogP contribution in [0.1, 0.15) is 15.2 Å². The lowest BCUT2D eigenvalue weighted by atomic mass is 10.2. The van der Waals surface area contributed by atoms with Gasteiger partial charge in [0.15, 0.2) is 0 Å². The Morgan fingerprint density at radius 3 is 2.60 bits per heavy atom. The molecule has 0 aliphatic carbocycles. The molecule has 3 rings (SSSR count). The van der Waals surface area contributed by atoms with Crippen molar-refractivity contribution in [2.45, 2.75) is 6.92 Å². The smallest absolute Gasteiger partial charge is 0.268 e. The first-order valence-electron chi connectivity index (χ1n) is 6.02. The van der Waals surface area contributed by atoms with Gasteiger partial charge in [-0.15, -0.1) is 11.3 Å². The van der Waals surface area contributed by atoms with Crippen LogP contribution in [0.2, 0.25) is 0 Å². The number of nitrogens with zero attached hydrogens (tertiary/aromatic N) is 2. The fraction of sp³-hybridized carbons (Fsp3) is 0.0714. The van der Waals surface area contributed by atoms with E-state index in [9.17, 15) is 4.79 Å². The summed E-state index contributed by atoms with van der Waals surface area (Å²) in [7, 11) is 0. The van der Waals surface area contributed by atoms with Crippen LogP contribution < -0.4 is 11.1 Å². The predicted molar refractivity (Wildman–Crippen MR) is 81.0 cm³/mol. The van der Waals surface area contributed by atoms with Crippen LogP contribution in [0.25, 0.3) is 10.3 Å². The first-order chi connectivity index (χ1) is 9.65. The third-order valence-corrected chi connectivity index (χ3v) is 3.98. The lowest BCUT2D eigenvalue weighted by molar-refractivity contribution is 0.103. The van der Waals surface area contributed by atoms with E-state index in [1.165, 1.54) is 11.3 Å². The number of nitrogens with two attached hydrogens (primary N) is 1. The van der Waals surface area contributed by atoms with Gasteiger partial charge < -0.3 is 11.1 Å². The van der Waals surface area contributed by atoms with Crippen molar-refractivity contribution in [3.05, 3.63) is 47.1 Å². The van der Waals surface area contributed by atoms with Crippen LogP contribution in [0, 0.1) is 6.92 Å². The van der Waals surface area contributed by atoms with Crippen LogP contribution in [-0.2, 0) is 0 Å². The minimum absolute atomic E-state index is 0.240. The molecule has 0 radical (unpaired) electrons. The van der Waals surface area contributed by atoms with Gasteiger partial charge in [0.2, 0.25) is 0 Å². The highest BCUT2D eigenvalue weighted by atomic mass is 32.1. The first kappa shape index (κ1) is 12.6. The number of rotatable bonds is 2. The Kier molecular flexibility index (Phi) is 3.08. The second-order valence-electron chi connectivity index (χ2n) is 4.38. The normalized spacial score (nSPS) is 10.7. The minimum atomic E-state index is -0.240. The molecule has 0 spiro atoms. The number of hydrogen-bond acceptors (Lipinski definition) is 5. The Morgan fingerprint density at radius 1 is 1.20 bits per heavy atom. The van der Waals surface area contributed by atoms with Crippen LogP contribution >= 0.6 is 11.3 Å². The van der Waals surface area contributed by atoms with Crippen LogP contribution in [0.4, 0.5) is 11.4 Å². The summed E-state index contributed by atoms with van der Waals surface area (Å²) in [6.07, 6.45) is 3.15. The zero-order valence-corrected chi connectivity index (χ0v) is 11.6. The van der Waals surface area contributed by atoms with Gasteiger partial charge in [0, 0.05) is 18.1 Å². The number of aryl methyl sites for hydroxylation is 1. The molecule has 2 heterocycles. The predicted octanol–water partition coefficient (Wildman–Crippen LogP) is 2.83. The molecule has 1 aromatic carbocycles. The lowest BCUT2D eigenvalue weighted by Gasteiger charge is -2.04. The van der Waals surface area contributed by atoms with E-state index < -0.39 is 0 Å². The first-order valence-corrected chi connectivity index (χ1v) is 6.84. The maximum absolute atomic E-state index is 12.3. The number of carbonyl (C=O) groups excluding carboxylic acids is 1. The number of nitrogens with one attached hydrogen (secondary N) is 1. The molecule has 0 aliphatic rings. The van der Waals surface area contributed by atoms with E-state index in [0.717, 1.165) is 11.3 Å². The number of fused-ring (bicyclic) bond motifs is 1. The van der Waals surface area contributed by atoms with Crippen molar-refractivity contribution in [2.75, 3.05) is 11.1 Å². The average Bonchev–Trinajstić information content (AvgIpc) is 2.79. The Hall–Kier alpha value is -2.47. The second-order valence-corrected chi connectivity index (χ2v) is 5.37. The van der Waals surface area contributed by atoms with Gasteiger partial charge in [-0.2, -0.15) is 0 Å². The van der Waals surface area contributed by atoms with Crippen molar-refractivity contribution in [1.82, 2.24) is 9.97 Å². The minimum Gasteiger partial charge on any atom is -0.396 e. The van der Waals surface area contributed by atoms with Gasteiger partial charge >= 0.3 is 0 Å². The summed E-state index contributed by atoms with van der Waals surface area (Å²) in [4.78, 5) is 21.7. The summed E-state index contributed by atoms with van der Waals surface area (Å²) < 4.78 is 0. The highest BCUT2D eigenvalue weighted by Gasteiger charge is 2.17. The van der Waals surface area contributed by atoms with Gasteiger partial charge in [-0.3, -0.25) is 4.79 Å². The van der Waals surface area contributed by atoms with Crippen LogP contribution in [0.3, 0.4) is 0 Å². The summed E-state index contributed by atoms with van der Waals surface area (Å²) in [5.41, 5.74) is 8.79. The summed E-state index contributed by atoms with van der Waals surface area (Å²) in [5.74, 6) is -0.240. The van der Waals surface area contributed by atoms with E-state index in [-0.39, 0.29) is 5.91 Å². The zero-order chi connectivity index (χ0) is 14.1. The molecule has 100 valence electrons. The van der Waals surface area contributed by atoms with Crippen LogP contribution in [0.5, 0.6) is 0 Å². The van der Waals surface area contributed by atoms with Crippen LogP contribution in [0.15, 0.2) is 36.7 Å². The molecule has 3 aromatic rings. The molecule has 0 bridgehead atoms. The SMILES string of the molecule is Cc1ccc(NC(=O)c2sc3nccnc3c2N)cc1. The Balaban J connectivity index is 1.92. The van der Waals surface area contributed by atoms with Crippen LogP contribution in [-0.4, -0.2) is 15.9 Å². The molecule has 0 saturated carbocycles.